The van der Waals surface area contributed by atoms with Crippen LogP contribution in [0.2, 0.25) is 0 Å². The molecule has 0 amide bonds. The standard InChI is InChI=1S/C12H15N3O4.CH2O2/c1-7-8(14-6-13-7)2-15-4-11(9(16)17)3-12(11,5-15)10(18)19;2-1-3/h6H,2-5H2,1H3,(H,13,14)(H,16,17)(H,18,19);1H,(H,2,3)/t11-,12+;. The number of piperidine rings is 1. The molecule has 0 aromatic carbocycles. The molecular weight excluding hydrogens is 294 g/mol. The van der Waals surface area contributed by atoms with Crippen LogP contribution in [0, 0.1) is 17.8 Å². The monoisotopic (exact) mass is 311 g/mol. The summed E-state index contributed by atoms with van der Waals surface area (Å²) in [5.74, 6) is -2.01. The third kappa shape index (κ3) is 2.23. The number of hydrogen-bond acceptors (Lipinski definition) is 5. The Balaban J connectivity index is 0.000000545. The Morgan fingerprint density at radius 1 is 1.36 bits per heavy atom. The van der Waals surface area contributed by atoms with E-state index in [1.165, 1.54) is 0 Å². The predicted molar refractivity (Wildman–Crippen MR) is 72.0 cm³/mol. The van der Waals surface area contributed by atoms with Crippen LogP contribution in [0.15, 0.2) is 6.33 Å². The van der Waals surface area contributed by atoms with Crippen molar-refractivity contribution in [1.29, 1.82) is 0 Å². The Bertz CT molecular complexity index is 587. The maximum absolute atomic E-state index is 11.4. The van der Waals surface area contributed by atoms with Gasteiger partial charge in [-0.05, 0) is 13.3 Å². The van der Waals surface area contributed by atoms with E-state index in [0.29, 0.717) is 6.54 Å². The highest BCUT2D eigenvalue weighted by Gasteiger charge is 2.80. The molecule has 0 spiro atoms. The molecule has 0 radical (unpaired) electrons. The number of imidazole rings is 1. The summed E-state index contributed by atoms with van der Waals surface area (Å²) < 4.78 is 0. The molecule has 3 rings (SSSR count). The molecule has 22 heavy (non-hydrogen) atoms. The van der Waals surface area contributed by atoms with Gasteiger partial charge in [-0.3, -0.25) is 19.3 Å². The second-order valence-electron chi connectivity index (χ2n) is 5.68. The van der Waals surface area contributed by atoms with Gasteiger partial charge < -0.3 is 20.3 Å². The smallest absolute Gasteiger partial charge is 0.312 e. The van der Waals surface area contributed by atoms with Crippen LogP contribution in [0.4, 0.5) is 0 Å². The molecule has 1 aromatic rings. The van der Waals surface area contributed by atoms with E-state index in [4.69, 9.17) is 9.90 Å². The minimum absolute atomic E-state index is 0.237. The van der Waals surface area contributed by atoms with Gasteiger partial charge >= 0.3 is 11.9 Å². The maximum atomic E-state index is 11.4. The number of aryl methyl sites for hydroxylation is 1. The largest absolute Gasteiger partial charge is 0.483 e. The van der Waals surface area contributed by atoms with Gasteiger partial charge in [0.1, 0.15) is 0 Å². The van der Waals surface area contributed by atoms with Crippen LogP contribution in [-0.2, 0) is 20.9 Å². The maximum Gasteiger partial charge on any atom is 0.312 e. The number of rotatable bonds is 4. The van der Waals surface area contributed by atoms with Crippen LogP contribution in [0.1, 0.15) is 17.8 Å². The zero-order chi connectivity index (χ0) is 16.5. The summed E-state index contributed by atoms with van der Waals surface area (Å²) in [6.45, 7) is 2.68. The zero-order valence-corrected chi connectivity index (χ0v) is 11.9. The van der Waals surface area contributed by atoms with Crippen LogP contribution in [0.25, 0.3) is 0 Å². The van der Waals surface area contributed by atoms with Crippen molar-refractivity contribution in [2.45, 2.75) is 19.9 Å². The molecule has 2 aliphatic rings. The summed E-state index contributed by atoms with van der Waals surface area (Å²) in [5, 5.41) is 25.5. The average Bonchev–Trinajstić information content (AvgIpc) is 2.73. The summed E-state index contributed by atoms with van der Waals surface area (Å²) >= 11 is 0. The molecule has 1 aromatic heterocycles. The summed E-state index contributed by atoms with van der Waals surface area (Å²) in [6.07, 6.45) is 1.82. The third-order valence-electron chi connectivity index (χ3n) is 4.51. The lowest BCUT2D eigenvalue weighted by molar-refractivity contribution is -0.151. The molecule has 120 valence electrons. The van der Waals surface area contributed by atoms with Gasteiger partial charge in [0.2, 0.25) is 0 Å². The van der Waals surface area contributed by atoms with Gasteiger partial charge in [-0.15, -0.1) is 0 Å². The van der Waals surface area contributed by atoms with Gasteiger partial charge in [0.05, 0.1) is 22.9 Å². The Labute approximate surface area is 125 Å². The number of aromatic amines is 1. The molecule has 1 aliphatic carbocycles. The molecular formula is C13H17N3O6. The molecule has 9 heteroatoms. The van der Waals surface area contributed by atoms with Crippen LogP contribution >= 0.6 is 0 Å². The van der Waals surface area contributed by atoms with Gasteiger partial charge in [0.15, 0.2) is 0 Å². The first-order chi connectivity index (χ1) is 10.3. The SMILES string of the molecule is Cc1[nH]cnc1CN1C[C@@]2(C(=O)O)C[C@@]2(C(=O)O)C1.O=CO. The van der Waals surface area contributed by atoms with Crippen molar-refractivity contribution in [3.05, 3.63) is 17.7 Å². The lowest BCUT2D eigenvalue weighted by Gasteiger charge is -2.18. The normalized spacial score (nSPS) is 29.1. The number of nitrogens with one attached hydrogen (secondary N) is 1. The summed E-state index contributed by atoms with van der Waals surface area (Å²) in [7, 11) is 0. The highest BCUT2D eigenvalue weighted by Crippen LogP contribution is 2.68. The minimum Gasteiger partial charge on any atom is -0.483 e. The Kier molecular flexibility index (Phi) is 3.92. The summed E-state index contributed by atoms with van der Waals surface area (Å²) in [6, 6.07) is 0. The number of carboxylic acids is 2. The first-order valence-electron chi connectivity index (χ1n) is 6.59. The average molecular weight is 311 g/mol. The van der Waals surface area contributed by atoms with E-state index in [2.05, 4.69) is 9.97 Å². The Hall–Kier alpha value is -2.42. The molecule has 9 nitrogen and oxygen atoms in total. The first-order valence-corrected chi connectivity index (χ1v) is 6.59. The number of carboxylic acid groups (broad SMARTS) is 3. The second-order valence-corrected chi connectivity index (χ2v) is 5.68. The molecule has 0 unspecified atom stereocenters. The van der Waals surface area contributed by atoms with Crippen LogP contribution in [0.5, 0.6) is 0 Å². The number of carbonyl (C=O) groups is 3. The number of nitrogens with zero attached hydrogens (tertiary/aromatic N) is 2. The number of H-pyrrole nitrogens is 1. The van der Waals surface area contributed by atoms with Crippen molar-refractivity contribution in [2.24, 2.45) is 10.8 Å². The summed E-state index contributed by atoms with van der Waals surface area (Å²) in [5.41, 5.74) is -0.455. The van der Waals surface area contributed by atoms with E-state index in [1.807, 2.05) is 11.8 Å². The lowest BCUT2D eigenvalue weighted by atomic mass is 9.97. The van der Waals surface area contributed by atoms with E-state index in [9.17, 15) is 19.8 Å². The highest BCUT2D eigenvalue weighted by molar-refractivity contribution is 5.94. The molecule has 4 N–H and O–H groups in total. The highest BCUT2D eigenvalue weighted by atomic mass is 16.4. The van der Waals surface area contributed by atoms with E-state index in [-0.39, 0.29) is 26.0 Å². The van der Waals surface area contributed by atoms with Crippen molar-refractivity contribution < 1.29 is 29.7 Å². The van der Waals surface area contributed by atoms with Gasteiger partial charge in [-0.2, -0.15) is 0 Å². The lowest BCUT2D eigenvalue weighted by Crippen LogP contribution is -2.28. The van der Waals surface area contributed by atoms with E-state index in [0.717, 1.165) is 11.4 Å². The minimum atomic E-state index is -1.11. The topological polar surface area (TPSA) is 144 Å². The first kappa shape index (κ1) is 16.0. The van der Waals surface area contributed by atoms with Crippen molar-refractivity contribution in [3.8, 4) is 0 Å². The van der Waals surface area contributed by atoms with Gasteiger partial charge in [-0.25, -0.2) is 4.98 Å². The van der Waals surface area contributed by atoms with Crippen molar-refractivity contribution in [1.82, 2.24) is 14.9 Å². The van der Waals surface area contributed by atoms with E-state index >= 15 is 0 Å². The zero-order valence-electron chi connectivity index (χ0n) is 11.9. The van der Waals surface area contributed by atoms with Crippen molar-refractivity contribution >= 4 is 18.4 Å². The van der Waals surface area contributed by atoms with E-state index in [1.54, 1.807) is 6.33 Å². The van der Waals surface area contributed by atoms with Crippen molar-refractivity contribution in [2.75, 3.05) is 13.1 Å². The molecule has 1 aliphatic heterocycles. The fraction of sp³-hybridized carbons (Fsp3) is 0.538. The number of aliphatic carboxylic acids is 2. The summed E-state index contributed by atoms with van der Waals surface area (Å²) in [4.78, 5) is 40.1. The molecule has 2 fully saturated rings. The van der Waals surface area contributed by atoms with Gasteiger partial charge in [0.25, 0.3) is 6.47 Å². The third-order valence-corrected chi connectivity index (χ3v) is 4.51. The molecule has 2 atom stereocenters. The van der Waals surface area contributed by atoms with Crippen LogP contribution in [-0.4, -0.2) is 61.7 Å². The Morgan fingerprint density at radius 2 is 1.86 bits per heavy atom. The van der Waals surface area contributed by atoms with Gasteiger partial charge in [-0.1, -0.05) is 0 Å². The van der Waals surface area contributed by atoms with Crippen LogP contribution in [0.3, 0.4) is 0 Å². The Morgan fingerprint density at radius 3 is 2.23 bits per heavy atom. The number of fused-ring (bicyclic) bond motifs is 1. The number of likely N-dealkylation sites (tertiary alicyclic amines) is 1. The second kappa shape index (κ2) is 5.41. The quantitative estimate of drug-likeness (QED) is 0.559. The number of hydrogen-bond donors (Lipinski definition) is 4. The van der Waals surface area contributed by atoms with Crippen molar-refractivity contribution in [3.63, 3.8) is 0 Å². The van der Waals surface area contributed by atoms with Crippen LogP contribution < -0.4 is 0 Å². The fourth-order valence-electron chi connectivity index (χ4n) is 3.27. The van der Waals surface area contributed by atoms with Gasteiger partial charge in [0, 0.05) is 25.3 Å². The number of aromatic nitrogens is 2. The molecule has 2 heterocycles. The predicted octanol–water partition coefficient (Wildman–Crippen LogP) is -0.220. The fourth-order valence-corrected chi connectivity index (χ4v) is 3.27. The molecule has 1 saturated heterocycles. The van der Waals surface area contributed by atoms with E-state index < -0.39 is 22.8 Å². The molecule has 0 bridgehead atoms. The molecule has 1 saturated carbocycles.